The first-order valence-electron chi connectivity index (χ1n) is 9.24. The number of halogens is 3. The molecule has 0 amide bonds. The minimum atomic E-state index is -0.168. The van der Waals surface area contributed by atoms with Gasteiger partial charge in [-0.3, -0.25) is 0 Å². The summed E-state index contributed by atoms with van der Waals surface area (Å²) >= 11 is 12.1. The first-order chi connectivity index (χ1) is 14.1. The smallest absolute Gasteiger partial charge is 0.161 e. The average Bonchev–Trinajstić information content (AvgIpc) is 2.72. The van der Waals surface area contributed by atoms with Gasteiger partial charge in [0.2, 0.25) is 0 Å². The topological polar surface area (TPSA) is 30.5 Å². The number of rotatable bonds is 9. The number of hydrogen-bond acceptors (Lipinski definition) is 3. The van der Waals surface area contributed by atoms with E-state index in [1.54, 1.807) is 31.4 Å². The highest BCUT2D eigenvalue weighted by molar-refractivity contribution is 6.35. The van der Waals surface area contributed by atoms with Crippen LogP contribution in [-0.2, 0) is 19.6 Å². The molecule has 29 heavy (non-hydrogen) atoms. The van der Waals surface area contributed by atoms with Crippen LogP contribution in [0.4, 0.5) is 4.39 Å². The van der Waals surface area contributed by atoms with Crippen LogP contribution in [0.2, 0.25) is 10.0 Å². The monoisotopic (exact) mass is 433 g/mol. The Morgan fingerprint density at radius 2 is 1.76 bits per heavy atom. The molecule has 0 atom stereocenters. The Morgan fingerprint density at radius 3 is 2.52 bits per heavy atom. The van der Waals surface area contributed by atoms with Crippen LogP contribution >= 0.6 is 23.2 Å². The number of methoxy groups -OCH3 is 1. The number of ether oxygens (including phenoxy) is 2. The first kappa shape index (κ1) is 21.4. The van der Waals surface area contributed by atoms with Crippen molar-refractivity contribution in [1.82, 2.24) is 5.32 Å². The van der Waals surface area contributed by atoms with Crippen molar-refractivity contribution in [3.8, 4) is 11.5 Å². The lowest BCUT2D eigenvalue weighted by Gasteiger charge is -2.13. The van der Waals surface area contributed by atoms with E-state index in [0.717, 1.165) is 11.1 Å². The minimum Gasteiger partial charge on any atom is -0.493 e. The molecule has 0 heterocycles. The number of benzene rings is 3. The molecule has 0 aliphatic heterocycles. The largest absolute Gasteiger partial charge is 0.493 e. The van der Waals surface area contributed by atoms with Gasteiger partial charge in [0.1, 0.15) is 12.4 Å². The highest BCUT2D eigenvalue weighted by Gasteiger charge is 2.08. The summed E-state index contributed by atoms with van der Waals surface area (Å²) in [5.74, 6) is 1.11. The van der Waals surface area contributed by atoms with E-state index in [1.165, 1.54) is 6.07 Å². The zero-order chi connectivity index (χ0) is 20.6. The summed E-state index contributed by atoms with van der Waals surface area (Å²) in [5.41, 5.74) is 2.60. The quantitative estimate of drug-likeness (QED) is 0.416. The molecule has 0 fully saturated rings. The Kier molecular flexibility index (Phi) is 7.76. The standard InChI is InChI=1S/C23H22Cl2FNO2/c1-28-23-12-16(14-27-11-10-17-4-2-3-5-21(17)26)6-9-22(23)29-15-18-7-8-19(24)13-20(18)25/h2-9,12-13,27H,10-11,14-15H2,1H3. The van der Waals surface area contributed by atoms with Crippen molar-refractivity contribution >= 4 is 23.2 Å². The van der Waals surface area contributed by atoms with Crippen LogP contribution < -0.4 is 14.8 Å². The summed E-state index contributed by atoms with van der Waals surface area (Å²) < 4.78 is 25.0. The van der Waals surface area contributed by atoms with Gasteiger partial charge in [-0.05, 0) is 54.4 Å². The van der Waals surface area contributed by atoms with Gasteiger partial charge in [0.15, 0.2) is 11.5 Å². The molecule has 0 unspecified atom stereocenters. The average molecular weight is 434 g/mol. The van der Waals surface area contributed by atoms with Crippen LogP contribution in [0.5, 0.6) is 11.5 Å². The third-order valence-electron chi connectivity index (χ3n) is 4.48. The molecule has 0 aromatic heterocycles. The van der Waals surface area contributed by atoms with Crippen LogP contribution in [-0.4, -0.2) is 13.7 Å². The van der Waals surface area contributed by atoms with Crippen LogP contribution in [0, 0.1) is 5.82 Å². The normalized spacial score (nSPS) is 10.8. The van der Waals surface area contributed by atoms with Crippen molar-refractivity contribution < 1.29 is 13.9 Å². The van der Waals surface area contributed by atoms with Gasteiger partial charge in [-0.25, -0.2) is 4.39 Å². The van der Waals surface area contributed by atoms with Crippen molar-refractivity contribution in [2.75, 3.05) is 13.7 Å². The van der Waals surface area contributed by atoms with Gasteiger partial charge in [-0.2, -0.15) is 0 Å². The Bertz CT molecular complexity index is 965. The molecule has 3 aromatic rings. The molecule has 3 rings (SSSR count). The predicted molar refractivity (Wildman–Crippen MR) is 116 cm³/mol. The maximum atomic E-state index is 13.6. The molecule has 0 saturated heterocycles. The van der Waals surface area contributed by atoms with E-state index in [-0.39, 0.29) is 5.82 Å². The van der Waals surface area contributed by atoms with Crippen molar-refractivity contribution in [1.29, 1.82) is 0 Å². The summed E-state index contributed by atoms with van der Waals surface area (Å²) in [6.45, 7) is 1.64. The number of hydrogen-bond donors (Lipinski definition) is 1. The van der Waals surface area contributed by atoms with E-state index in [2.05, 4.69) is 5.32 Å². The summed E-state index contributed by atoms with van der Waals surface area (Å²) in [6, 6.07) is 17.9. The van der Waals surface area contributed by atoms with E-state index in [4.69, 9.17) is 32.7 Å². The van der Waals surface area contributed by atoms with E-state index >= 15 is 0 Å². The Labute approximate surface area is 180 Å². The molecule has 0 radical (unpaired) electrons. The summed E-state index contributed by atoms with van der Waals surface area (Å²) in [4.78, 5) is 0. The summed E-state index contributed by atoms with van der Waals surface area (Å²) in [5, 5.41) is 4.47. The van der Waals surface area contributed by atoms with E-state index < -0.39 is 0 Å². The fourth-order valence-corrected chi connectivity index (χ4v) is 3.36. The minimum absolute atomic E-state index is 0.168. The lowest BCUT2D eigenvalue weighted by Crippen LogP contribution is -2.17. The molecule has 6 heteroatoms. The first-order valence-corrected chi connectivity index (χ1v) is 10.00. The predicted octanol–water partition coefficient (Wildman–Crippen LogP) is 6.05. The van der Waals surface area contributed by atoms with Crippen LogP contribution in [0.25, 0.3) is 0 Å². The fraction of sp³-hybridized carbons (Fsp3) is 0.217. The van der Waals surface area contributed by atoms with Gasteiger partial charge in [-0.1, -0.05) is 53.5 Å². The molecule has 3 nitrogen and oxygen atoms in total. The Hall–Kier alpha value is -2.27. The third-order valence-corrected chi connectivity index (χ3v) is 5.07. The second kappa shape index (κ2) is 10.5. The van der Waals surface area contributed by atoms with Crippen molar-refractivity contribution in [3.63, 3.8) is 0 Å². The molecular weight excluding hydrogens is 412 g/mol. The molecule has 0 bridgehead atoms. The zero-order valence-electron chi connectivity index (χ0n) is 16.1. The Morgan fingerprint density at radius 1 is 0.931 bits per heavy atom. The molecule has 1 N–H and O–H groups in total. The van der Waals surface area contributed by atoms with Gasteiger partial charge in [0.05, 0.1) is 7.11 Å². The van der Waals surface area contributed by atoms with Crippen molar-refractivity contribution in [2.45, 2.75) is 19.6 Å². The van der Waals surface area contributed by atoms with Gasteiger partial charge in [0, 0.05) is 22.2 Å². The van der Waals surface area contributed by atoms with Crippen LogP contribution in [0.1, 0.15) is 16.7 Å². The Balaban J connectivity index is 1.54. The molecule has 0 saturated carbocycles. The highest BCUT2D eigenvalue weighted by atomic mass is 35.5. The highest BCUT2D eigenvalue weighted by Crippen LogP contribution is 2.30. The van der Waals surface area contributed by atoms with E-state index in [0.29, 0.717) is 53.2 Å². The van der Waals surface area contributed by atoms with Crippen LogP contribution in [0.3, 0.4) is 0 Å². The van der Waals surface area contributed by atoms with Gasteiger partial charge >= 0.3 is 0 Å². The maximum Gasteiger partial charge on any atom is 0.161 e. The maximum absolute atomic E-state index is 13.6. The summed E-state index contributed by atoms with van der Waals surface area (Å²) in [7, 11) is 1.60. The van der Waals surface area contributed by atoms with Crippen LogP contribution in [0.15, 0.2) is 60.7 Å². The second-order valence-corrected chi connectivity index (χ2v) is 7.37. The summed E-state index contributed by atoms with van der Waals surface area (Å²) in [6.07, 6.45) is 0.632. The zero-order valence-corrected chi connectivity index (χ0v) is 17.6. The van der Waals surface area contributed by atoms with Gasteiger partial charge in [0.25, 0.3) is 0 Å². The molecule has 3 aromatic carbocycles. The molecule has 0 spiro atoms. The van der Waals surface area contributed by atoms with E-state index in [1.807, 2.05) is 30.3 Å². The van der Waals surface area contributed by atoms with Crippen molar-refractivity contribution in [3.05, 3.63) is 93.2 Å². The molecule has 152 valence electrons. The van der Waals surface area contributed by atoms with E-state index in [9.17, 15) is 4.39 Å². The SMILES string of the molecule is COc1cc(CNCCc2ccccc2F)ccc1OCc1ccc(Cl)cc1Cl. The third kappa shape index (κ3) is 6.10. The van der Waals surface area contributed by atoms with Crippen molar-refractivity contribution in [2.24, 2.45) is 0 Å². The molecular formula is C23H22Cl2FNO2. The molecule has 0 aliphatic rings. The lowest BCUT2D eigenvalue weighted by atomic mass is 10.1. The lowest BCUT2D eigenvalue weighted by molar-refractivity contribution is 0.284. The molecule has 0 aliphatic carbocycles. The number of nitrogens with one attached hydrogen (secondary N) is 1. The van der Waals surface area contributed by atoms with Gasteiger partial charge < -0.3 is 14.8 Å². The second-order valence-electron chi connectivity index (χ2n) is 6.53. The fourth-order valence-electron chi connectivity index (χ4n) is 2.89. The van der Waals surface area contributed by atoms with Gasteiger partial charge in [-0.15, -0.1) is 0 Å².